The molecule has 0 aliphatic rings. The molecule has 0 spiro atoms. The smallest absolute Gasteiger partial charge is 0.241 e. The first-order valence-corrected chi connectivity index (χ1v) is 11.1. The van der Waals surface area contributed by atoms with Gasteiger partial charge in [-0.3, -0.25) is 9.10 Å². The van der Waals surface area contributed by atoms with E-state index in [9.17, 15) is 13.2 Å². The molecular weight excluding hydrogens is 423 g/mol. The van der Waals surface area contributed by atoms with Gasteiger partial charge in [-0.2, -0.15) is 0 Å². The van der Waals surface area contributed by atoms with Gasteiger partial charge in [-0.1, -0.05) is 41.4 Å². The largest absolute Gasteiger partial charge is 0.491 e. The average molecular weight is 445 g/mol. The van der Waals surface area contributed by atoms with Crippen LogP contribution in [0, 0.1) is 6.92 Å². The molecule has 1 unspecified atom stereocenters. The number of rotatable bonds is 8. The van der Waals surface area contributed by atoms with Gasteiger partial charge < -0.3 is 10.1 Å². The maximum absolute atomic E-state index is 12.4. The van der Waals surface area contributed by atoms with Gasteiger partial charge in [0, 0.05) is 0 Å². The average Bonchev–Trinajstić information content (AvgIpc) is 2.60. The monoisotopic (exact) mass is 444 g/mol. The number of amides is 1. The number of nitrogens with zero attached hydrogens (tertiary/aromatic N) is 1. The van der Waals surface area contributed by atoms with Crippen LogP contribution in [-0.2, 0) is 14.8 Å². The second kappa shape index (κ2) is 9.49. The topological polar surface area (TPSA) is 75.7 Å². The summed E-state index contributed by atoms with van der Waals surface area (Å²) in [7, 11) is -3.70. The Labute approximate surface area is 175 Å². The number of aryl methyl sites for hydroxylation is 1. The van der Waals surface area contributed by atoms with E-state index in [-0.39, 0.29) is 29.9 Å². The Morgan fingerprint density at radius 2 is 1.86 bits per heavy atom. The van der Waals surface area contributed by atoms with Gasteiger partial charge in [-0.25, -0.2) is 8.42 Å². The highest BCUT2D eigenvalue weighted by atomic mass is 35.5. The van der Waals surface area contributed by atoms with E-state index in [0.717, 1.165) is 21.9 Å². The Hall–Kier alpha value is -1.96. The summed E-state index contributed by atoms with van der Waals surface area (Å²) in [6.07, 6.45) is 1.02. The van der Waals surface area contributed by atoms with Crippen molar-refractivity contribution in [1.82, 2.24) is 5.32 Å². The Morgan fingerprint density at radius 1 is 1.18 bits per heavy atom. The molecule has 0 heterocycles. The third kappa shape index (κ3) is 6.29. The van der Waals surface area contributed by atoms with Gasteiger partial charge in [0.25, 0.3) is 0 Å². The van der Waals surface area contributed by atoms with Crippen LogP contribution in [0.4, 0.5) is 5.69 Å². The lowest BCUT2D eigenvalue weighted by molar-refractivity contribution is -0.120. The summed E-state index contributed by atoms with van der Waals surface area (Å²) in [6, 6.07) is 11.6. The van der Waals surface area contributed by atoms with Gasteiger partial charge in [0.1, 0.15) is 18.9 Å². The van der Waals surface area contributed by atoms with E-state index in [1.807, 2.05) is 31.2 Å². The molecule has 28 heavy (non-hydrogen) atoms. The molecule has 1 amide bonds. The van der Waals surface area contributed by atoms with Crippen molar-refractivity contribution >= 4 is 44.8 Å². The van der Waals surface area contributed by atoms with E-state index in [4.69, 9.17) is 27.9 Å². The van der Waals surface area contributed by atoms with Gasteiger partial charge in [-0.15, -0.1) is 0 Å². The van der Waals surface area contributed by atoms with Gasteiger partial charge in [0.2, 0.25) is 15.9 Å². The number of anilines is 1. The number of nitrogens with one attached hydrogen (secondary N) is 1. The second-order valence-electron chi connectivity index (χ2n) is 6.41. The van der Waals surface area contributed by atoms with Crippen molar-refractivity contribution in [2.24, 2.45) is 0 Å². The first-order valence-electron chi connectivity index (χ1n) is 8.48. The lowest BCUT2D eigenvalue weighted by Gasteiger charge is -2.23. The van der Waals surface area contributed by atoms with E-state index >= 15 is 0 Å². The zero-order chi connectivity index (χ0) is 20.9. The number of halogens is 2. The number of carbonyl (C=O) groups is 1. The van der Waals surface area contributed by atoms with Crippen molar-refractivity contribution in [2.75, 3.05) is 23.7 Å². The van der Waals surface area contributed by atoms with Gasteiger partial charge in [-0.05, 0) is 43.7 Å². The summed E-state index contributed by atoms with van der Waals surface area (Å²) < 4.78 is 31.0. The number of hydrogen-bond acceptors (Lipinski definition) is 4. The number of carbonyl (C=O) groups excluding carboxylic acids is 1. The van der Waals surface area contributed by atoms with Crippen LogP contribution < -0.4 is 14.4 Å². The molecule has 1 N–H and O–H groups in total. The highest BCUT2D eigenvalue weighted by Gasteiger charge is 2.22. The second-order valence-corrected chi connectivity index (χ2v) is 9.13. The number of ether oxygens (including phenoxy) is 1. The summed E-state index contributed by atoms with van der Waals surface area (Å²) in [5.41, 5.74) is 1.25. The Bertz CT molecular complexity index is 951. The maximum atomic E-state index is 12.4. The highest BCUT2D eigenvalue weighted by Crippen LogP contribution is 2.28. The molecule has 2 rings (SSSR count). The van der Waals surface area contributed by atoms with E-state index in [0.29, 0.717) is 5.02 Å². The summed E-state index contributed by atoms with van der Waals surface area (Å²) in [4.78, 5) is 12.4. The summed E-state index contributed by atoms with van der Waals surface area (Å²) in [6.45, 7) is 3.58. The van der Waals surface area contributed by atoms with Crippen molar-refractivity contribution < 1.29 is 17.9 Å². The van der Waals surface area contributed by atoms with Crippen molar-refractivity contribution in [3.05, 3.63) is 58.1 Å². The zero-order valence-electron chi connectivity index (χ0n) is 15.8. The Kier molecular flexibility index (Phi) is 7.57. The molecule has 0 aliphatic heterocycles. The minimum absolute atomic E-state index is 0.202. The summed E-state index contributed by atoms with van der Waals surface area (Å²) >= 11 is 11.8. The fraction of sp³-hybridized carbons (Fsp3) is 0.316. The maximum Gasteiger partial charge on any atom is 0.241 e. The highest BCUT2D eigenvalue weighted by molar-refractivity contribution is 7.92. The minimum atomic E-state index is -3.70. The molecule has 6 nitrogen and oxygen atoms in total. The minimum Gasteiger partial charge on any atom is -0.491 e. The van der Waals surface area contributed by atoms with Gasteiger partial charge in [0.05, 0.1) is 28.0 Å². The lowest BCUT2D eigenvalue weighted by atomic mass is 10.2. The molecule has 0 radical (unpaired) electrons. The summed E-state index contributed by atoms with van der Waals surface area (Å²) in [5, 5.41) is 3.24. The van der Waals surface area contributed by atoms with E-state index in [1.165, 1.54) is 18.2 Å². The van der Waals surface area contributed by atoms with Crippen molar-refractivity contribution in [3.8, 4) is 5.75 Å². The Morgan fingerprint density at radius 3 is 2.46 bits per heavy atom. The first-order chi connectivity index (χ1) is 13.1. The van der Waals surface area contributed by atoms with E-state index in [1.54, 1.807) is 6.92 Å². The molecule has 2 aromatic carbocycles. The Balaban J connectivity index is 2.01. The third-order valence-electron chi connectivity index (χ3n) is 3.87. The van der Waals surface area contributed by atoms with Crippen molar-refractivity contribution in [1.29, 1.82) is 0 Å². The molecule has 9 heteroatoms. The number of sulfonamides is 1. The van der Waals surface area contributed by atoms with Crippen molar-refractivity contribution in [2.45, 2.75) is 19.9 Å². The van der Waals surface area contributed by atoms with Crippen LogP contribution in [0.5, 0.6) is 5.75 Å². The normalized spacial score (nSPS) is 12.3. The van der Waals surface area contributed by atoms with Crippen LogP contribution in [0.2, 0.25) is 10.0 Å². The van der Waals surface area contributed by atoms with Crippen LogP contribution >= 0.6 is 23.2 Å². The third-order valence-corrected chi connectivity index (χ3v) is 5.75. The lowest BCUT2D eigenvalue weighted by Crippen LogP contribution is -2.44. The molecule has 0 bridgehead atoms. The molecule has 152 valence electrons. The van der Waals surface area contributed by atoms with E-state index < -0.39 is 15.9 Å². The van der Waals surface area contributed by atoms with Gasteiger partial charge >= 0.3 is 0 Å². The van der Waals surface area contributed by atoms with Crippen LogP contribution in [0.25, 0.3) is 0 Å². The quantitative estimate of drug-likeness (QED) is 0.673. The number of benzene rings is 2. The fourth-order valence-electron chi connectivity index (χ4n) is 2.47. The van der Waals surface area contributed by atoms with Crippen molar-refractivity contribution in [3.63, 3.8) is 0 Å². The van der Waals surface area contributed by atoms with Crippen LogP contribution in [0.1, 0.15) is 12.5 Å². The molecule has 0 aromatic heterocycles. The fourth-order valence-corrected chi connectivity index (χ4v) is 3.61. The first kappa shape index (κ1) is 22.3. The van der Waals surface area contributed by atoms with Crippen LogP contribution in [0.3, 0.4) is 0 Å². The predicted octanol–water partition coefficient (Wildman–Crippen LogP) is 3.65. The predicted molar refractivity (Wildman–Crippen MR) is 113 cm³/mol. The SMILES string of the molecule is Cc1ccccc1OCC(C)NC(=O)CN(c1ccc(Cl)c(Cl)c1)S(C)(=O)=O. The molecule has 0 fully saturated rings. The standard InChI is InChI=1S/C19H22Cl2N2O4S/c1-13-6-4-5-7-18(13)27-12-14(2)22-19(24)11-23(28(3,25)26)15-8-9-16(20)17(21)10-15/h4-10,14H,11-12H2,1-3H3,(H,22,24). The number of para-hydroxylation sites is 1. The molecular formula is C19H22Cl2N2O4S. The van der Waals surface area contributed by atoms with Gasteiger partial charge in [0.15, 0.2) is 0 Å². The molecule has 0 saturated carbocycles. The number of hydrogen-bond donors (Lipinski definition) is 1. The van der Waals surface area contributed by atoms with Crippen LogP contribution in [0.15, 0.2) is 42.5 Å². The van der Waals surface area contributed by atoms with E-state index in [2.05, 4.69) is 5.32 Å². The zero-order valence-corrected chi connectivity index (χ0v) is 18.1. The molecule has 0 saturated heterocycles. The molecule has 0 aliphatic carbocycles. The van der Waals surface area contributed by atoms with Crippen LogP contribution in [-0.4, -0.2) is 39.8 Å². The molecule has 2 aromatic rings. The molecule has 1 atom stereocenters. The summed E-state index contributed by atoms with van der Waals surface area (Å²) in [5.74, 6) is 0.273.